The van der Waals surface area contributed by atoms with Crippen LogP contribution < -0.4 is 10.6 Å². The summed E-state index contributed by atoms with van der Waals surface area (Å²) >= 11 is 12.9. The van der Waals surface area contributed by atoms with E-state index in [0.717, 1.165) is 11.4 Å². The van der Waals surface area contributed by atoms with Crippen molar-refractivity contribution in [3.05, 3.63) is 106 Å². The molecule has 0 saturated heterocycles. The number of benzene rings is 3. The fourth-order valence-electron chi connectivity index (χ4n) is 3.54. The van der Waals surface area contributed by atoms with E-state index in [1.165, 1.54) is 7.11 Å². The molecule has 0 spiro atoms. The largest absolute Gasteiger partial charge is 0.469 e. The van der Waals surface area contributed by atoms with Gasteiger partial charge in [-0.25, -0.2) is 4.98 Å². The summed E-state index contributed by atoms with van der Waals surface area (Å²) in [5.74, 6) is -0.221. The standard InChI is InChI=1S/C26H22Cl2N4O2/c1-34-25(33)20(23-21(27)13-8-14-22(23)28)15-17-16-29-26(31-19-11-6-3-7-12-19)32-24(17)30-18-9-4-2-5-10-18/h2-14,16,20H,15H2,1H3,(H2,29,30,31,32). The van der Waals surface area contributed by atoms with Gasteiger partial charge in [0.25, 0.3) is 0 Å². The Morgan fingerprint density at radius 3 is 2.06 bits per heavy atom. The van der Waals surface area contributed by atoms with Gasteiger partial charge in [-0.1, -0.05) is 65.7 Å². The lowest BCUT2D eigenvalue weighted by Crippen LogP contribution is -2.19. The van der Waals surface area contributed by atoms with Crippen molar-refractivity contribution in [1.29, 1.82) is 0 Å². The van der Waals surface area contributed by atoms with Gasteiger partial charge in [-0.3, -0.25) is 4.79 Å². The van der Waals surface area contributed by atoms with Gasteiger partial charge in [-0.2, -0.15) is 4.98 Å². The second kappa shape index (κ2) is 11.0. The van der Waals surface area contributed by atoms with Gasteiger partial charge in [-0.15, -0.1) is 0 Å². The molecule has 1 aromatic heterocycles. The molecule has 8 heteroatoms. The van der Waals surface area contributed by atoms with E-state index < -0.39 is 11.9 Å². The van der Waals surface area contributed by atoms with E-state index in [2.05, 4.69) is 20.6 Å². The van der Waals surface area contributed by atoms with Crippen molar-refractivity contribution >= 4 is 52.3 Å². The van der Waals surface area contributed by atoms with Gasteiger partial charge in [0.1, 0.15) is 5.82 Å². The lowest BCUT2D eigenvalue weighted by molar-refractivity contribution is -0.142. The van der Waals surface area contributed by atoms with Crippen LogP contribution in [-0.2, 0) is 16.0 Å². The third kappa shape index (κ3) is 5.65. The maximum atomic E-state index is 12.8. The smallest absolute Gasteiger partial charge is 0.313 e. The van der Waals surface area contributed by atoms with Crippen LogP contribution in [0.25, 0.3) is 0 Å². The number of anilines is 4. The molecular weight excluding hydrogens is 471 g/mol. The number of methoxy groups -OCH3 is 1. The molecule has 0 radical (unpaired) electrons. The molecule has 0 aliphatic carbocycles. The molecule has 0 bridgehead atoms. The fourth-order valence-corrected chi connectivity index (χ4v) is 4.20. The van der Waals surface area contributed by atoms with Crippen LogP contribution in [0.1, 0.15) is 17.0 Å². The minimum Gasteiger partial charge on any atom is -0.469 e. The van der Waals surface area contributed by atoms with Gasteiger partial charge >= 0.3 is 5.97 Å². The molecule has 172 valence electrons. The molecule has 2 N–H and O–H groups in total. The van der Waals surface area contributed by atoms with Crippen LogP contribution >= 0.6 is 23.2 Å². The number of carbonyl (C=O) groups excluding carboxylic acids is 1. The second-order valence-corrected chi connectivity index (χ2v) is 8.28. The predicted molar refractivity (Wildman–Crippen MR) is 136 cm³/mol. The van der Waals surface area contributed by atoms with E-state index in [0.29, 0.717) is 32.9 Å². The van der Waals surface area contributed by atoms with Gasteiger partial charge in [0.05, 0.1) is 13.0 Å². The van der Waals surface area contributed by atoms with Crippen LogP contribution in [0.15, 0.2) is 85.1 Å². The summed E-state index contributed by atoms with van der Waals surface area (Å²) in [4.78, 5) is 21.9. The normalized spacial score (nSPS) is 11.5. The third-order valence-electron chi connectivity index (χ3n) is 5.19. The zero-order chi connectivity index (χ0) is 23.9. The van der Waals surface area contributed by atoms with Crippen LogP contribution in [0, 0.1) is 0 Å². The first-order valence-corrected chi connectivity index (χ1v) is 11.3. The number of carbonyl (C=O) groups is 1. The van der Waals surface area contributed by atoms with Crippen molar-refractivity contribution < 1.29 is 9.53 Å². The molecule has 1 heterocycles. The minimum atomic E-state index is -0.737. The Morgan fingerprint density at radius 1 is 0.882 bits per heavy atom. The summed E-state index contributed by atoms with van der Waals surface area (Å²) in [5.41, 5.74) is 2.92. The highest BCUT2D eigenvalue weighted by molar-refractivity contribution is 6.36. The Bertz CT molecular complexity index is 1250. The van der Waals surface area contributed by atoms with Crippen LogP contribution in [0.2, 0.25) is 10.0 Å². The summed E-state index contributed by atoms with van der Waals surface area (Å²) in [6.07, 6.45) is 1.92. The number of ether oxygens (including phenoxy) is 1. The number of hydrogen-bond acceptors (Lipinski definition) is 6. The number of rotatable bonds is 8. The molecule has 1 unspecified atom stereocenters. The minimum absolute atomic E-state index is 0.233. The Balaban J connectivity index is 1.73. The molecule has 0 saturated carbocycles. The van der Waals surface area contributed by atoms with E-state index >= 15 is 0 Å². The van der Waals surface area contributed by atoms with Gasteiger partial charge in [0.15, 0.2) is 0 Å². The van der Waals surface area contributed by atoms with E-state index in [1.54, 1.807) is 24.4 Å². The first-order valence-electron chi connectivity index (χ1n) is 10.6. The number of aromatic nitrogens is 2. The molecule has 0 amide bonds. The first kappa shape index (κ1) is 23.5. The SMILES string of the molecule is COC(=O)C(Cc1cnc(Nc2ccccc2)nc1Nc1ccccc1)c1c(Cl)cccc1Cl. The average Bonchev–Trinajstić information content (AvgIpc) is 2.85. The van der Waals surface area contributed by atoms with E-state index in [-0.39, 0.29) is 6.42 Å². The number of nitrogens with zero attached hydrogens (tertiary/aromatic N) is 2. The predicted octanol–water partition coefficient (Wildman–Crippen LogP) is 6.77. The number of para-hydroxylation sites is 2. The zero-order valence-corrected chi connectivity index (χ0v) is 19.8. The van der Waals surface area contributed by atoms with Crippen molar-refractivity contribution in [3.63, 3.8) is 0 Å². The molecule has 1 atom stereocenters. The zero-order valence-electron chi connectivity index (χ0n) is 18.3. The maximum absolute atomic E-state index is 12.8. The molecule has 0 aliphatic rings. The van der Waals surface area contributed by atoms with Gasteiger partial charge in [0.2, 0.25) is 5.95 Å². The molecule has 4 aromatic rings. The molecule has 34 heavy (non-hydrogen) atoms. The Kier molecular flexibility index (Phi) is 7.62. The van der Waals surface area contributed by atoms with Crippen LogP contribution in [0.3, 0.4) is 0 Å². The lowest BCUT2D eigenvalue weighted by atomic mass is 9.92. The summed E-state index contributed by atoms with van der Waals surface area (Å²) in [6, 6.07) is 24.4. The monoisotopic (exact) mass is 492 g/mol. The summed E-state index contributed by atoms with van der Waals surface area (Å²) in [6.45, 7) is 0. The van der Waals surface area contributed by atoms with Crippen LogP contribution in [0.5, 0.6) is 0 Å². The van der Waals surface area contributed by atoms with Crippen LogP contribution in [-0.4, -0.2) is 23.0 Å². The van der Waals surface area contributed by atoms with Crippen molar-refractivity contribution in [2.75, 3.05) is 17.7 Å². The first-order chi connectivity index (χ1) is 16.5. The molecular formula is C26H22Cl2N4O2. The number of halogens is 2. The molecule has 3 aromatic carbocycles. The molecule has 4 rings (SSSR count). The van der Waals surface area contributed by atoms with Gasteiger partial charge in [-0.05, 0) is 42.8 Å². The van der Waals surface area contributed by atoms with E-state index in [9.17, 15) is 4.79 Å². The number of esters is 1. The summed E-state index contributed by atoms with van der Waals surface area (Å²) < 4.78 is 5.08. The maximum Gasteiger partial charge on any atom is 0.313 e. The molecule has 6 nitrogen and oxygen atoms in total. The number of hydrogen-bond donors (Lipinski definition) is 2. The second-order valence-electron chi connectivity index (χ2n) is 7.46. The summed E-state index contributed by atoms with van der Waals surface area (Å²) in [5, 5.41) is 7.32. The fraction of sp³-hybridized carbons (Fsp3) is 0.115. The highest BCUT2D eigenvalue weighted by Crippen LogP contribution is 2.36. The number of nitrogens with one attached hydrogen (secondary N) is 2. The topological polar surface area (TPSA) is 76.1 Å². The highest BCUT2D eigenvalue weighted by Gasteiger charge is 2.28. The molecule has 0 fully saturated rings. The van der Waals surface area contributed by atoms with E-state index in [1.807, 2.05) is 60.7 Å². The lowest BCUT2D eigenvalue weighted by Gasteiger charge is -2.20. The van der Waals surface area contributed by atoms with Crippen molar-refractivity contribution in [3.8, 4) is 0 Å². The van der Waals surface area contributed by atoms with Gasteiger partial charge in [0, 0.05) is 38.7 Å². The van der Waals surface area contributed by atoms with Crippen molar-refractivity contribution in [1.82, 2.24) is 9.97 Å². The third-order valence-corrected chi connectivity index (χ3v) is 5.85. The summed E-state index contributed by atoms with van der Waals surface area (Å²) in [7, 11) is 1.34. The van der Waals surface area contributed by atoms with Crippen molar-refractivity contribution in [2.24, 2.45) is 0 Å². The van der Waals surface area contributed by atoms with Crippen molar-refractivity contribution in [2.45, 2.75) is 12.3 Å². The van der Waals surface area contributed by atoms with Gasteiger partial charge < -0.3 is 15.4 Å². The quantitative estimate of drug-likeness (QED) is 0.264. The highest BCUT2D eigenvalue weighted by atomic mass is 35.5. The Labute approximate surface area is 207 Å². The van der Waals surface area contributed by atoms with E-state index in [4.69, 9.17) is 27.9 Å². The van der Waals surface area contributed by atoms with Crippen LogP contribution in [0.4, 0.5) is 23.1 Å². The average molecular weight is 493 g/mol. The molecule has 0 aliphatic heterocycles. The Morgan fingerprint density at radius 2 is 1.47 bits per heavy atom. The Hall–Kier alpha value is -3.61.